The van der Waals surface area contributed by atoms with Crippen molar-refractivity contribution >= 4 is 21.8 Å². The van der Waals surface area contributed by atoms with Gasteiger partial charge in [-0.2, -0.15) is 17.5 Å². The van der Waals surface area contributed by atoms with Gasteiger partial charge in [-0.05, 0) is 13.0 Å². The molecule has 0 spiro atoms. The molecule has 2 rings (SSSR count). The van der Waals surface area contributed by atoms with E-state index < -0.39 is 22.2 Å². The third kappa shape index (κ3) is 6.96. The zero-order valence-electron chi connectivity index (χ0n) is 14.9. The maximum atomic E-state index is 12.1. The molecule has 0 bridgehead atoms. The van der Waals surface area contributed by atoms with Crippen LogP contribution in [0.25, 0.3) is 0 Å². The number of carboxylic acids is 1. The molecule has 0 aliphatic carbocycles. The lowest BCUT2D eigenvalue weighted by molar-refractivity contribution is -0.192. The van der Waals surface area contributed by atoms with Gasteiger partial charge in [0, 0.05) is 45.0 Å². The van der Waals surface area contributed by atoms with Gasteiger partial charge in [0.05, 0.1) is 12.4 Å². The van der Waals surface area contributed by atoms with E-state index in [0.717, 1.165) is 11.4 Å². The van der Waals surface area contributed by atoms with E-state index >= 15 is 0 Å². The van der Waals surface area contributed by atoms with Crippen LogP contribution in [0.2, 0.25) is 0 Å². The normalized spacial score (nSPS) is 15.4. The molecule has 8 nitrogen and oxygen atoms in total. The number of alkyl halides is 3. The molecular formula is C15H22F3N3O5S. The number of aromatic nitrogens is 1. The largest absolute Gasteiger partial charge is 0.490 e. The molecule has 2 heterocycles. The molecule has 0 unspecified atom stereocenters. The molecule has 0 saturated heterocycles. The fraction of sp³-hybridized carbons (Fsp3) is 0.600. The van der Waals surface area contributed by atoms with Crippen molar-refractivity contribution in [1.82, 2.24) is 9.29 Å². The molecule has 1 N–H and O–H groups in total. The summed E-state index contributed by atoms with van der Waals surface area (Å²) in [6.45, 7) is 4.48. The van der Waals surface area contributed by atoms with Crippen LogP contribution >= 0.6 is 0 Å². The van der Waals surface area contributed by atoms with Crippen LogP contribution in [0.1, 0.15) is 12.5 Å². The number of pyridine rings is 1. The zero-order chi connectivity index (χ0) is 20.7. The van der Waals surface area contributed by atoms with Crippen LogP contribution in [-0.2, 0) is 26.1 Å². The molecule has 0 aromatic carbocycles. The van der Waals surface area contributed by atoms with Crippen LogP contribution in [0.4, 0.5) is 19.0 Å². The lowest BCUT2D eigenvalue weighted by Gasteiger charge is -2.23. The summed E-state index contributed by atoms with van der Waals surface area (Å²) in [6.07, 6.45) is -3.34. The number of carbonyl (C=O) groups is 1. The summed E-state index contributed by atoms with van der Waals surface area (Å²) in [5.41, 5.74) is 0.943. The Balaban J connectivity index is 0.000000445. The van der Waals surface area contributed by atoms with Gasteiger partial charge in [-0.15, -0.1) is 0 Å². The number of nitrogens with zero attached hydrogens (tertiary/aromatic N) is 3. The van der Waals surface area contributed by atoms with Crippen LogP contribution in [0.5, 0.6) is 0 Å². The van der Waals surface area contributed by atoms with E-state index in [1.807, 2.05) is 12.1 Å². The number of carboxylic acid groups (broad SMARTS) is 1. The highest BCUT2D eigenvalue weighted by molar-refractivity contribution is 7.89. The zero-order valence-corrected chi connectivity index (χ0v) is 15.8. The van der Waals surface area contributed by atoms with Crippen molar-refractivity contribution in [1.29, 1.82) is 0 Å². The quantitative estimate of drug-likeness (QED) is 0.777. The molecule has 154 valence electrons. The third-order valence-electron chi connectivity index (χ3n) is 3.70. The number of sulfonamides is 1. The van der Waals surface area contributed by atoms with Crippen molar-refractivity contribution < 1.29 is 36.2 Å². The van der Waals surface area contributed by atoms with Crippen molar-refractivity contribution in [3.8, 4) is 0 Å². The van der Waals surface area contributed by atoms with Gasteiger partial charge in [-0.3, -0.25) is 0 Å². The lowest BCUT2D eigenvalue weighted by atomic mass is 10.2. The second kappa shape index (κ2) is 9.85. The molecule has 1 aromatic rings. The van der Waals surface area contributed by atoms with Crippen LogP contribution < -0.4 is 4.90 Å². The van der Waals surface area contributed by atoms with Gasteiger partial charge in [0.15, 0.2) is 0 Å². The fourth-order valence-electron chi connectivity index (χ4n) is 2.28. The Bertz CT molecular complexity index is 728. The Morgan fingerprint density at radius 1 is 1.37 bits per heavy atom. The summed E-state index contributed by atoms with van der Waals surface area (Å²) in [6, 6.07) is 3.78. The molecule has 1 aromatic heterocycles. The maximum Gasteiger partial charge on any atom is 0.490 e. The molecular weight excluding hydrogens is 391 g/mol. The summed E-state index contributed by atoms with van der Waals surface area (Å²) in [4.78, 5) is 15.4. The second-order valence-corrected chi connectivity index (χ2v) is 7.76. The standard InChI is InChI=1S/C13H21N3O3S.C2HF3O2/c1-3-20(17,18)16-8-7-15(9-10-19-2)13-12(11-16)5-4-6-14-13;3-2(4,5)1(6)7/h4-6H,3,7-11H2,1-2H3;(H,6,7). The predicted molar refractivity (Wildman–Crippen MR) is 91.9 cm³/mol. The summed E-state index contributed by atoms with van der Waals surface area (Å²) in [7, 11) is -1.53. The molecule has 0 radical (unpaired) electrons. The first-order valence-electron chi connectivity index (χ1n) is 7.98. The van der Waals surface area contributed by atoms with E-state index in [9.17, 15) is 21.6 Å². The Hall–Kier alpha value is -1.92. The first-order valence-corrected chi connectivity index (χ1v) is 9.59. The monoisotopic (exact) mass is 413 g/mol. The number of hydrogen-bond donors (Lipinski definition) is 1. The van der Waals surface area contributed by atoms with Crippen LogP contribution in [0, 0.1) is 0 Å². The van der Waals surface area contributed by atoms with Crippen molar-refractivity contribution in [2.75, 3.05) is 44.0 Å². The van der Waals surface area contributed by atoms with Crippen molar-refractivity contribution in [2.24, 2.45) is 0 Å². The summed E-state index contributed by atoms with van der Waals surface area (Å²) >= 11 is 0. The minimum absolute atomic E-state index is 0.126. The van der Waals surface area contributed by atoms with Crippen LogP contribution in [-0.4, -0.2) is 74.1 Å². The highest BCUT2D eigenvalue weighted by atomic mass is 32.2. The second-order valence-electron chi connectivity index (χ2n) is 5.50. The van der Waals surface area contributed by atoms with Gasteiger partial charge >= 0.3 is 12.1 Å². The number of ether oxygens (including phenoxy) is 1. The molecule has 0 atom stereocenters. The van der Waals surface area contributed by atoms with E-state index in [-0.39, 0.29) is 5.75 Å². The minimum atomic E-state index is -5.08. The highest BCUT2D eigenvalue weighted by Gasteiger charge is 2.38. The van der Waals surface area contributed by atoms with Gasteiger partial charge in [0.1, 0.15) is 5.82 Å². The molecule has 12 heteroatoms. The molecule has 1 aliphatic heterocycles. The number of rotatable bonds is 5. The van der Waals surface area contributed by atoms with Crippen molar-refractivity contribution in [3.05, 3.63) is 23.9 Å². The van der Waals surface area contributed by atoms with Crippen LogP contribution in [0.3, 0.4) is 0 Å². The number of hydrogen-bond acceptors (Lipinski definition) is 6. The van der Waals surface area contributed by atoms with Crippen molar-refractivity contribution in [2.45, 2.75) is 19.6 Å². The molecule has 27 heavy (non-hydrogen) atoms. The first kappa shape index (κ1) is 23.1. The third-order valence-corrected chi connectivity index (χ3v) is 5.53. The fourth-order valence-corrected chi connectivity index (χ4v) is 3.35. The highest BCUT2D eigenvalue weighted by Crippen LogP contribution is 2.23. The first-order chi connectivity index (χ1) is 12.5. The number of halogens is 3. The van der Waals surface area contributed by atoms with E-state index in [1.54, 1.807) is 24.5 Å². The smallest absolute Gasteiger partial charge is 0.475 e. The molecule has 0 amide bonds. The molecule has 1 aliphatic rings. The van der Waals surface area contributed by atoms with Gasteiger partial charge in [-0.25, -0.2) is 18.2 Å². The number of anilines is 1. The van der Waals surface area contributed by atoms with Gasteiger partial charge in [0.25, 0.3) is 0 Å². The summed E-state index contributed by atoms with van der Waals surface area (Å²) in [5, 5.41) is 7.12. The minimum Gasteiger partial charge on any atom is -0.475 e. The Kier molecular flexibility index (Phi) is 8.44. The number of methoxy groups -OCH3 is 1. The van der Waals surface area contributed by atoms with E-state index in [1.165, 1.54) is 0 Å². The summed E-state index contributed by atoms with van der Waals surface area (Å²) < 4.78 is 62.6. The van der Waals surface area contributed by atoms with Crippen LogP contribution in [0.15, 0.2) is 18.3 Å². The SMILES string of the molecule is CCS(=O)(=O)N1CCN(CCOC)c2ncccc2C1.O=C(O)C(F)(F)F. The van der Waals surface area contributed by atoms with Crippen molar-refractivity contribution in [3.63, 3.8) is 0 Å². The number of aliphatic carboxylic acids is 1. The average Bonchev–Trinajstić information content (AvgIpc) is 2.79. The Morgan fingerprint density at radius 2 is 2.00 bits per heavy atom. The average molecular weight is 413 g/mol. The van der Waals surface area contributed by atoms with E-state index in [0.29, 0.717) is 32.8 Å². The van der Waals surface area contributed by atoms with E-state index in [2.05, 4.69) is 9.88 Å². The van der Waals surface area contributed by atoms with Gasteiger partial charge in [0.2, 0.25) is 10.0 Å². The lowest BCUT2D eigenvalue weighted by Crippen LogP contribution is -2.37. The Morgan fingerprint density at radius 3 is 2.52 bits per heavy atom. The topological polar surface area (TPSA) is 100 Å². The summed E-state index contributed by atoms with van der Waals surface area (Å²) in [5.74, 6) is -1.77. The molecule has 0 fully saturated rings. The number of fused-ring (bicyclic) bond motifs is 1. The maximum absolute atomic E-state index is 12.1. The predicted octanol–water partition coefficient (Wildman–Crippen LogP) is 1.33. The molecule has 0 saturated carbocycles. The Labute approximate surface area is 155 Å². The van der Waals surface area contributed by atoms with Gasteiger partial charge < -0.3 is 14.7 Å². The van der Waals surface area contributed by atoms with E-state index in [4.69, 9.17) is 14.6 Å². The van der Waals surface area contributed by atoms with Gasteiger partial charge in [-0.1, -0.05) is 6.07 Å².